The molecule has 0 saturated heterocycles. The van der Waals surface area contributed by atoms with Crippen LogP contribution in [-0.4, -0.2) is 30.9 Å². The molecular formula is C16H22FNO2. The third-order valence-corrected chi connectivity index (χ3v) is 3.95. The Kier molecular flexibility index (Phi) is 5.12. The largest absolute Gasteiger partial charge is 0.494 e. The molecule has 1 aliphatic carbocycles. The maximum atomic E-state index is 13.7. The molecular weight excluding hydrogens is 257 g/mol. The summed E-state index contributed by atoms with van der Waals surface area (Å²) in [4.78, 5) is 14.1. The van der Waals surface area contributed by atoms with E-state index in [1.54, 1.807) is 6.07 Å². The van der Waals surface area contributed by atoms with E-state index in [0.717, 1.165) is 31.2 Å². The summed E-state index contributed by atoms with van der Waals surface area (Å²) in [6, 6.07) is 4.94. The van der Waals surface area contributed by atoms with Crippen LogP contribution < -0.4 is 4.74 Å². The molecule has 1 aromatic carbocycles. The van der Waals surface area contributed by atoms with Gasteiger partial charge in [-0.25, -0.2) is 4.39 Å². The molecule has 0 radical (unpaired) electrons. The molecule has 110 valence electrons. The summed E-state index contributed by atoms with van der Waals surface area (Å²) in [5, 5.41) is 0. The van der Waals surface area contributed by atoms with Crippen LogP contribution in [-0.2, 0) is 11.3 Å². The molecule has 4 heteroatoms. The Hall–Kier alpha value is -1.42. The number of benzene rings is 1. The number of Topliss-reactive ketones (excluding diaryl/α,β-unsaturated/α-hetero) is 1. The van der Waals surface area contributed by atoms with Gasteiger partial charge in [0.15, 0.2) is 11.6 Å². The van der Waals surface area contributed by atoms with Crippen LogP contribution in [0, 0.1) is 5.82 Å². The minimum atomic E-state index is -0.356. The van der Waals surface area contributed by atoms with E-state index in [0.29, 0.717) is 18.7 Å². The fraction of sp³-hybridized carbons (Fsp3) is 0.562. The summed E-state index contributed by atoms with van der Waals surface area (Å²) in [5.74, 6) is 0.214. The molecule has 2 rings (SSSR count). The van der Waals surface area contributed by atoms with E-state index in [2.05, 4.69) is 0 Å². The Balaban J connectivity index is 2.04. The third kappa shape index (κ3) is 3.57. The van der Waals surface area contributed by atoms with Gasteiger partial charge < -0.3 is 4.74 Å². The van der Waals surface area contributed by atoms with Gasteiger partial charge in [0.05, 0.1) is 13.2 Å². The Morgan fingerprint density at radius 1 is 1.35 bits per heavy atom. The van der Waals surface area contributed by atoms with Crippen molar-refractivity contribution in [3.63, 3.8) is 0 Å². The number of carbonyl (C=O) groups is 1. The Bertz CT molecular complexity index is 476. The number of carbonyl (C=O) groups excluding carboxylic acids is 1. The van der Waals surface area contributed by atoms with Crippen molar-refractivity contribution in [1.82, 2.24) is 4.90 Å². The molecule has 0 aromatic heterocycles. The van der Waals surface area contributed by atoms with E-state index in [9.17, 15) is 9.18 Å². The van der Waals surface area contributed by atoms with Gasteiger partial charge in [0.25, 0.3) is 0 Å². The van der Waals surface area contributed by atoms with Crippen LogP contribution in [0.25, 0.3) is 0 Å². The minimum Gasteiger partial charge on any atom is -0.494 e. The molecule has 1 aliphatic rings. The lowest BCUT2D eigenvalue weighted by Crippen LogP contribution is -2.37. The molecule has 1 saturated carbocycles. The van der Waals surface area contributed by atoms with Gasteiger partial charge in [-0.1, -0.05) is 18.9 Å². The quantitative estimate of drug-likeness (QED) is 0.793. The van der Waals surface area contributed by atoms with Crippen LogP contribution in [0.4, 0.5) is 4.39 Å². The number of likely N-dealkylation sites (N-methyl/N-ethyl adjacent to an activating group) is 1. The topological polar surface area (TPSA) is 29.5 Å². The average molecular weight is 279 g/mol. The van der Waals surface area contributed by atoms with Gasteiger partial charge in [-0.2, -0.15) is 0 Å². The second-order valence-corrected chi connectivity index (χ2v) is 5.47. The zero-order valence-corrected chi connectivity index (χ0v) is 12.2. The Morgan fingerprint density at radius 3 is 2.85 bits per heavy atom. The predicted molar refractivity (Wildman–Crippen MR) is 76.3 cm³/mol. The summed E-state index contributed by atoms with van der Waals surface area (Å²) in [5.41, 5.74) is 0.864. The van der Waals surface area contributed by atoms with Crippen molar-refractivity contribution in [3.05, 3.63) is 29.6 Å². The number of ether oxygens (including phenoxy) is 1. The van der Waals surface area contributed by atoms with E-state index in [1.807, 2.05) is 18.0 Å². The van der Waals surface area contributed by atoms with Gasteiger partial charge >= 0.3 is 0 Å². The molecule has 0 aliphatic heterocycles. The van der Waals surface area contributed by atoms with Crippen LogP contribution in [0.1, 0.15) is 37.7 Å². The van der Waals surface area contributed by atoms with Crippen LogP contribution in [0.3, 0.4) is 0 Å². The molecule has 1 aromatic rings. The Morgan fingerprint density at radius 2 is 2.15 bits per heavy atom. The second kappa shape index (κ2) is 6.84. The number of hydrogen-bond acceptors (Lipinski definition) is 3. The third-order valence-electron chi connectivity index (χ3n) is 3.95. The molecule has 0 amide bonds. The highest BCUT2D eigenvalue weighted by molar-refractivity contribution is 5.84. The SMILES string of the molecule is COc1ccc(CN(C)C2CCCCCC2=O)cc1F. The van der Waals surface area contributed by atoms with Gasteiger partial charge in [-0.15, -0.1) is 0 Å². The van der Waals surface area contributed by atoms with Crippen molar-refractivity contribution < 1.29 is 13.9 Å². The van der Waals surface area contributed by atoms with Gasteiger partial charge in [-0.3, -0.25) is 9.69 Å². The lowest BCUT2D eigenvalue weighted by atomic mass is 10.1. The van der Waals surface area contributed by atoms with Crippen LogP contribution in [0.15, 0.2) is 18.2 Å². The lowest BCUT2D eigenvalue weighted by Gasteiger charge is -2.26. The molecule has 0 bridgehead atoms. The summed E-state index contributed by atoms with van der Waals surface area (Å²) < 4.78 is 18.6. The number of nitrogens with zero attached hydrogens (tertiary/aromatic N) is 1. The first kappa shape index (κ1) is 15.0. The summed E-state index contributed by atoms with van der Waals surface area (Å²) in [6.07, 6.45) is 4.81. The summed E-state index contributed by atoms with van der Waals surface area (Å²) in [6.45, 7) is 0.581. The molecule has 1 atom stereocenters. The van der Waals surface area contributed by atoms with Crippen LogP contribution >= 0.6 is 0 Å². The number of hydrogen-bond donors (Lipinski definition) is 0. The first-order valence-electron chi connectivity index (χ1n) is 7.17. The molecule has 20 heavy (non-hydrogen) atoms. The average Bonchev–Trinajstić information content (AvgIpc) is 2.63. The van der Waals surface area contributed by atoms with Crippen molar-refractivity contribution in [2.24, 2.45) is 0 Å². The highest BCUT2D eigenvalue weighted by Gasteiger charge is 2.24. The van der Waals surface area contributed by atoms with E-state index in [-0.39, 0.29) is 17.6 Å². The van der Waals surface area contributed by atoms with Crippen molar-refractivity contribution in [1.29, 1.82) is 0 Å². The molecule has 1 unspecified atom stereocenters. The van der Waals surface area contributed by atoms with Crippen molar-refractivity contribution >= 4 is 5.78 Å². The standard InChI is InChI=1S/C16H22FNO2/c1-18(14-6-4-3-5-7-15(14)19)11-12-8-9-16(20-2)13(17)10-12/h8-10,14H,3-7,11H2,1-2H3. The van der Waals surface area contributed by atoms with E-state index in [4.69, 9.17) is 4.74 Å². The molecule has 0 N–H and O–H groups in total. The normalized spacial score (nSPS) is 20.0. The highest BCUT2D eigenvalue weighted by atomic mass is 19.1. The zero-order chi connectivity index (χ0) is 14.5. The number of rotatable bonds is 4. The van der Waals surface area contributed by atoms with E-state index in [1.165, 1.54) is 13.2 Å². The molecule has 3 nitrogen and oxygen atoms in total. The first-order valence-corrected chi connectivity index (χ1v) is 7.17. The Labute approximate surface area is 119 Å². The first-order chi connectivity index (χ1) is 9.61. The molecule has 0 heterocycles. The lowest BCUT2D eigenvalue weighted by molar-refractivity contribution is -0.123. The van der Waals surface area contributed by atoms with Gasteiger partial charge in [0.2, 0.25) is 0 Å². The maximum Gasteiger partial charge on any atom is 0.165 e. The number of ketones is 1. The highest BCUT2D eigenvalue weighted by Crippen LogP contribution is 2.22. The number of methoxy groups -OCH3 is 1. The summed E-state index contributed by atoms with van der Waals surface area (Å²) in [7, 11) is 3.39. The van der Waals surface area contributed by atoms with Gasteiger partial charge in [0, 0.05) is 13.0 Å². The van der Waals surface area contributed by atoms with E-state index < -0.39 is 0 Å². The monoisotopic (exact) mass is 279 g/mol. The van der Waals surface area contributed by atoms with Crippen molar-refractivity contribution in [2.45, 2.75) is 44.7 Å². The predicted octanol–water partition coefficient (Wildman–Crippen LogP) is 3.17. The van der Waals surface area contributed by atoms with Crippen molar-refractivity contribution in [3.8, 4) is 5.75 Å². The van der Waals surface area contributed by atoms with Crippen molar-refractivity contribution in [2.75, 3.05) is 14.2 Å². The van der Waals surface area contributed by atoms with Gasteiger partial charge in [0.1, 0.15) is 5.78 Å². The smallest absolute Gasteiger partial charge is 0.165 e. The second-order valence-electron chi connectivity index (χ2n) is 5.47. The number of halogens is 1. The van der Waals surface area contributed by atoms with Crippen LogP contribution in [0.2, 0.25) is 0 Å². The molecule has 1 fully saturated rings. The van der Waals surface area contributed by atoms with E-state index >= 15 is 0 Å². The maximum absolute atomic E-state index is 13.7. The minimum absolute atomic E-state index is 0.0253. The zero-order valence-electron chi connectivity index (χ0n) is 12.2. The summed E-state index contributed by atoms with van der Waals surface area (Å²) >= 11 is 0. The van der Waals surface area contributed by atoms with Crippen LogP contribution in [0.5, 0.6) is 5.75 Å². The molecule has 0 spiro atoms. The fourth-order valence-electron chi connectivity index (χ4n) is 2.81. The fourth-order valence-corrected chi connectivity index (χ4v) is 2.81. The van der Waals surface area contributed by atoms with Gasteiger partial charge in [-0.05, 0) is 37.6 Å².